The molecule has 7 heteroatoms. The van der Waals surface area contributed by atoms with Crippen molar-refractivity contribution in [2.24, 2.45) is 11.1 Å². The second kappa shape index (κ2) is 8.31. The molecule has 1 aromatic carbocycles. The van der Waals surface area contributed by atoms with E-state index in [0.29, 0.717) is 0 Å². The van der Waals surface area contributed by atoms with Gasteiger partial charge >= 0.3 is 6.03 Å². The standard InChI is InChI=1S/C19H24FN3O2S/c1-19(2,3)17(12-6-8-13(20)9-7-12)23-16(24)11-14(22-18(21)25)15-5-4-10-26-15/h4-10,14,17H,11H2,1-3H3,(H,23,24)(H3,21,22,25). The molecule has 0 aliphatic rings. The number of nitrogens with one attached hydrogen (secondary N) is 2. The van der Waals surface area contributed by atoms with E-state index in [1.807, 2.05) is 38.3 Å². The molecule has 0 bridgehead atoms. The van der Waals surface area contributed by atoms with Crippen LogP contribution in [0.4, 0.5) is 9.18 Å². The van der Waals surface area contributed by atoms with Crippen LogP contribution in [0.3, 0.4) is 0 Å². The van der Waals surface area contributed by atoms with Crippen LogP contribution >= 0.6 is 11.3 Å². The molecule has 0 fully saturated rings. The Morgan fingerprint density at radius 1 is 1.15 bits per heavy atom. The van der Waals surface area contributed by atoms with Gasteiger partial charge in [-0.2, -0.15) is 0 Å². The van der Waals surface area contributed by atoms with Crippen LogP contribution in [0.1, 0.15) is 49.7 Å². The van der Waals surface area contributed by atoms with Gasteiger partial charge in [0.2, 0.25) is 5.91 Å². The largest absolute Gasteiger partial charge is 0.352 e. The Morgan fingerprint density at radius 2 is 1.81 bits per heavy atom. The molecule has 2 unspecified atom stereocenters. The smallest absolute Gasteiger partial charge is 0.312 e. The summed E-state index contributed by atoms with van der Waals surface area (Å²) in [5.41, 5.74) is 5.79. The van der Waals surface area contributed by atoms with Crippen molar-refractivity contribution in [1.82, 2.24) is 10.6 Å². The first-order valence-corrected chi connectivity index (χ1v) is 9.19. The molecule has 0 radical (unpaired) electrons. The summed E-state index contributed by atoms with van der Waals surface area (Å²) in [5.74, 6) is -0.544. The highest BCUT2D eigenvalue weighted by Crippen LogP contribution is 2.33. The molecule has 0 spiro atoms. The highest BCUT2D eigenvalue weighted by Gasteiger charge is 2.29. The van der Waals surface area contributed by atoms with Crippen LogP contribution < -0.4 is 16.4 Å². The van der Waals surface area contributed by atoms with Crippen LogP contribution in [-0.2, 0) is 4.79 Å². The zero-order valence-electron chi connectivity index (χ0n) is 15.1. The molecule has 2 atom stereocenters. The van der Waals surface area contributed by atoms with E-state index in [1.54, 1.807) is 12.1 Å². The molecule has 5 nitrogen and oxygen atoms in total. The van der Waals surface area contributed by atoms with Gasteiger partial charge in [-0.25, -0.2) is 9.18 Å². The lowest BCUT2D eigenvalue weighted by Crippen LogP contribution is -2.40. The molecular weight excluding hydrogens is 353 g/mol. The Labute approximate surface area is 156 Å². The summed E-state index contributed by atoms with van der Waals surface area (Å²) in [7, 11) is 0. The quantitative estimate of drug-likeness (QED) is 0.713. The molecule has 0 aliphatic carbocycles. The number of hydrogen-bond acceptors (Lipinski definition) is 3. The van der Waals surface area contributed by atoms with Gasteiger partial charge in [0.15, 0.2) is 0 Å². The van der Waals surface area contributed by atoms with E-state index in [4.69, 9.17) is 5.73 Å². The average molecular weight is 377 g/mol. The van der Waals surface area contributed by atoms with Gasteiger partial charge < -0.3 is 16.4 Å². The third-order valence-corrected chi connectivity index (χ3v) is 4.95. The van der Waals surface area contributed by atoms with E-state index in [-0.39, 0.29) is 29.6 Å². The summed E-state index contributed by atoms with van der Waals surface area (Å²) in [4.78, 5) is 24.8. The second-order valence-corrected chi connectivity index (χ2v) is 8.18. The lowest BCUT2D eigenvalue weighted by Gasteiger charge is -2.32. The number of urea groups is 1. The molecule has 1 heterocycles. The van der Waals surface area contributed by atoms with Gasteiger partial charge in [-0.15, -0.1) is 11.3 Å². The van der Waals surface area contributed by atoms with Crippen LogP contribution in [0, 0.1) is 11.2 Å². The first-order valence-electron chi connectivity index (χ1n) is 8.31. The van der Waals surface area contributed by atoms with Crippen LogP contribution in [0.25, 0.3) is 0 Å². The van der Waals surface area contributed by atoms with Gasteiger partial charge in [0, 0.05) is 4.88 Å². The van der Waals surface area contributed by atoms with E-state index >= 15 is 0 Å². The first-order chi connectivity index (χ1) is 12.2. The average Bonchev–Trinajstić information content (AvgIpc) is 3.06. The zero-order chi connectivity index (χ0) is 19.3. The Kier molecular flexibility index (Phi) is 6.37. The molecule has 1 aromatic heterocycles. The SMILES string of the molecule is CC(C)(C)C(NC(=O)CC(NC(N)=O)c1cccs1)c1ccc(F)cc1. The molecule has 2 rings (SSSR count). The maximum Gasteiger partial charge on any atom is 0.312 e. The monoisotopic (exact) mass is 377 g/mol. The molecule has 2 aromatic rings. The molecular formula is C19H24FN3O2S. The first kappa shape index (κ1) is 19.9. The number of amides is 3. The predicted octanol–water partition coefficient (Wildman–Crippen LogP) is 3.89. The summed E-state index contributed by atoms with van der Waals surface area (Å²) in [6.45, 7) is 6.00. The fourth-order valence-corrected chi connectivity index (χ4v) is 3.52. The molecule has 26 heavy (non-hydrogen) atoms. The lowest BCUT2D eigenvalue weighted by molar-refractivity contribution is -0.123. The number of halogens is 1. The van der Waals surface area contributed by atoms with Gasteiger partial charge in [-0.1, -0.05) is 39.0 Å². The molecule has 0 saturated heterocycles. The molecule has 0 saturated carbocycles. The third-order valence-electron chi connectivity index (χ3n) is 3.97. The minimum atomic E-state index is -0.679. The zero-order valence-corrected chi connectivity index (χ0v) is 15.9. The Balaban J connectivity index is 2.15. The van der Waals surface area contributed by atoms with E-state index in [1.165, 1.54) is 23.5 Å². The maximum absolute atomic E-state index is 13.2. The summed E-state index contributed by atoms with van der Waals surface area (Å²) in [5, 5.41) is 7.50. The summed E-state index contributed by atoms with van der Waals surface area (Å²) in [6, 6.07) is 8.33. The van der Waals surface area contributed by atoms with Gasteiger partial charge in [0.25, 0.3) is 0 Å². The number of hydrogen-bond donors (Lipinski definition) is 3. The minimum Gasteiger partial charge on any atom is -0.352 e. The predicted molar refractivity (Wildman–Crippen MR) is 101 cm³/mol. The van der Waals surface area contributed by atoms with Crippen LogP contribution in [-0.4, -0.2) is 11.9 Å². The maximum atomic E-state index is 13.2. The van der Waals surface area contributed by atoms with E-state index in [2.05, 4.69) is 10.6 Å². The summed E-state index contributed by atoms with van der Waals surface area (Å²) in [6.07, 6.45) is 0.0667. The van der Waals surface area contributed by atoms with E-state index < -0.39 is 12.1 Å². The van der Waals surface area contributed by atoms with Gasteiger partial charge in [0.05, 0.1) is 18.5 Å². The summed E-state index contributed by atoms with van der Waals surface area (Å²) >= 11 is 1.45. The van der Waals surface area contributed by atoms with Crippen molar-refractivity contribution < 1.29 is 14.0 Å². The van der Waals surface area contributed by atoms with Crippen molar-refractivity contribution in [3.05, 3.63) is 58.0 Å². The van der Waals surface area contributed by atoms with E-state index in [0.717, 1.165) is 10.4 Å². The molecule has 4 N–H and O–H groups in total. The second-order valence-electron chi connectivity index (χ2n) is 7.20. The van der Waals surface area contributed by atoms with E-state index in [9.17, 15) is 14.0 Å². The van der Waals surface area contributed by atoms with Crippen LogP contribution in [0.15, 0.2) is 41.8 Å². The minimum absolute atomic E-state index is 0.0667. The lowest BCUT2D eigenvalue weighted by atomic mass is 9.82. The van der Waals surface area contributed by atoms with Crippen LogP contribution in [0.2, 0.25) is 0 Å². The van der Waals surface area contributed by atoms with Crippen molar-refractivity contribution in [3.8, 4) is 0 Å². The van der Waals surface area contributed by atoms with Gasteiger partial charge in [-0.3, -0.25) is 4.79 Å². The Hall–Kier alpha value is -2.41. The van der Waals surface area contributed by atoms with Crippen molar-refractivity contribution in [1.29, 1.82) is 0 Å². The van der Waals surface area contributed by atoms with Crippen molar-refractivity contribution in [3.63, 3.8) is 0 Å². The number of benzene rings is 1. The number of thiophene rings is 1. The Morgan fingerprint density at radius 3 is 2.31 bits per heavy atom. The van der Waals surface area contributed by atoms with Crippen molar-refractivity contribution >= 4 is 23.3 Å². The van der Waals surface area contributed by atoms with Crippen molar-refractivity contribution in [2.75, 3.05) is 0 Å². The number of carbonyl (C=O) groups is 2. The summed E-state index contributed by atoms with van der Waals surface area (Å²) < 4.78 is 13.2. The molecule has 0 aliphatic heterocycles. The third kappa shape index (κ3) is 5.56. The molecule has 140 valence electrons. The highest BCUT2D eigenvalue weighted by atomic mass is 32.1. The normalized spacial score (nSPS) is 13.7. The Bertz CT molecular complexity index is 739. The number of rotatable bonds is 6. The fraction of sp³-hybridized carbons (Fsp3) is 0.368. The topological polar surface area (TPSA) is 84.2 Å². The highest BCUT2D eigenvalue weighted by molar-refractivity contribution is 7.10. The van der Waals surface area contributed by atoms with Gasteiger partial charge in [-0.05, 0) is 34.6 Å². The van der Waals surface area contributed by atoms with Crippen molar-refractivity contribution in [2.45, 2.75) is 39.3 Å². The number of carbonyl (C=O) groups excluding carboxylic acids is 2. The number of nitrogens with two attached hydrogens (primary N) is 1. The fourth-order valence-electron chi connectivity index (χ4n) is 2.74. The van der Waals surface area contributed by atoms with Gasteiger partial charge in [0.1, 0.15) is 5.82 Å². The number of primary amides is 1. The van der Waals surface area contributed by atoms with Crippen LogP contribution in [0.5, 0.6) is 0 Å². The molecule has 3 amide bonds.